The smallest absolute Gasteiger partial charge is 0.308 e. The van der Waals surface area contributed by atoms with Crippen molar-refractivity contribution in [2.75, 3.05) is 0 Å². The maximum atomic E-state index is 12.3. The Labute approximate surface area is 114 Å². The Morgan fingerprint density at radius 2 is 2.05 bits per heavy atom. The molecule has 0 amide bonds. The Balaban J connectivity index is 2.75. The van der Waals surface area contributed by atoms with E-state index in [1.807, 2.05) is 0 Å². The molecule has 0 saturated carbocycles. The molecule has 0 fully saturated rings. The van der Waals surface area contributed by atoms with Crippen LogP contribution in [0, 0.1) is 0 Å². The molecule has 0 aliphatic heterocycles. The number of benzene rings is 1. The molecule has 0 spiro atoms. The van der Waals surface area contributed by atoms with Gasteiger partial charge in [-0.15, -0.1) is 11.3 Å². The predicted molar refractivity (Wildman–Crippen MR) is 79.6 cm³/mol. The Bertz CT molecular complexity index is 741. The van der Waals surface area contributed by atoms with Gasteiger partial charge in [0, 0.05) is 27.5 Å². The molecule has 0 aliphatic carbocycles. The lowest BCUT2D eigenvalue weighted by molar-refractivity contribution is -0.131. The third-order valence-electron chi connectivity index (χ3n) is 2.58. The highest BCUT2D eigenvalue weighted by molar-refractivity contribution is 7.19. The van der Waals surface area contributed by atoms with Gasteiger partial charge in [0.25, 0.3) is 0 Å². The topological polar surface area (TPSA) is 43.4 Å². The molecule has 3 nitrogen and oxygen atoms in total. The zero-order chi connectivity index (χ0) is 14.0. The fourth-order valence-electron chi connectivity index (χ4n) is 1.78. The van der Waals surface area contributed by atoms with Gasteiger partial charge in [-0.2, -0.15) is 0 Å². The van der Waals surface area contributed by atoms with Gasteiger partial charge in [0.15, 0.2) is 5.43 Å². The maximum Gasteiger partial charge on any atom is 0.308 e. The molecule has 0 bridgehead atoms. The van der Waals surface area contributed by atoms with Crippen LogP contribution in [0.1, 0.15) is 17.4 Å². The first kappa shape index (κ1) is 13.2. The number of esters is 1. The number of hydrogen-bond donors (Lipinski definition) is 0. The molecule has 2 rings (SSSR count). The highest BCUT2D eigenvalue weighted by Crippen LogP contribution is 2.26. The molecule has 4 heteroatoms. The normalized spacial score (nSPS) is 10.2. The quantitative estimate of drug-likeness (QED) is 0.634. The molecule has 0 unspecified atom stereocenters. The van der Waals surface area contributed by atoms with E-state index in [1.54, 1.807) is 24.3 Å². The summed E-state index contributed by atoms with van der Waals surface area (Å²) in [6, 6.07) is 5.01. The summed E-state index contributed by atoms with van der Waals surface area (Å²) in [5.74, 6) is -0.0483. The first-order chi connectivity index (χ1) is 9.06. The van der Waals surface area contributed by atoms with Crippen molar-refractivity contribution in [3.05, 3.63) is 52.0 Å². The molecule has 0 radical (unpaired) electrons. The molecule has 96 valence electrons. The lowest BCUT2D eigenvalue weighted by Gasteiger charge is -2.05. The fraction of sp³-hybridized carbons (Fsp3) is 0.0667. The van der Waals surface area contributed by atoms with E-state index in [4.69, 9.17) is 4.74 Å². The summed E-state index contributed by atoms with van der Waals surface area (Å²) in [4.78, 5) is 24.0. The highest BCUT2D eigenvalue weighted by atomic mass is 32.1. The summed E-state index contributed by atoms with van der Waals surface area (Å²) in [5.41, 5.74) is 0.389. The molecule has 1 heterocycles. The molecule has 2 aromatic rings. The Kier molecular flexibility index (Phi) is 3.62. The summed E-state index contributed by atoms with van der Waals surface area (Å²) in [6.45, 7) is 8.67. The van der Waals surface area contributed by atoms with Crippen molar-refractivity contribution in [3.63, 3.8) is 0 Å². The van der Waals surface area contributed by atoms with Crippen LogP contribution in [-0.2, 0) is 4.79 Å². The van der Waals surface area contributed by atoms with Gasteiger partial charge in [0.05, 0.1) is 0 Å². The minimum Gasteiger partial charge on any atom is -0.427 e. The molecule has 0 atom stereocenters. The van der Waals surface area contributed by atoms with Crippen LogP contribution in [0.4, 0.5) is 0 Å². The number of fused-ring (bicyclic) bond motifs is 1. The van der Waals surface area contributed by atoms with E-state index in [2.05, 4.69) is 13.2 Å². The van der Waals surface area contributed by atoms with Gasteiger partial charge >= 0.3 is 5.97 Å². The Morgan fingerprint density at radius 1 is 1.32 bits per heavy atom. The molecule has 1 aromatic heterocycles. The van der Waals surface area contributed by atoms with E-state index >= 15 is 0 Å². The van der Waals surface area contributed by atoms with Crippen molar-refractivity contribution in [1.29, 1.82) is 0 Å². The largest absolute Gasteiger partial charge is 0.427 e. The molecule has 0 saturated heterocycles. The third-order valence-corrected chi connectivity index (χ3v) is 3.76. The Hall–Kier alpha value is -2.20. The predicted octanol–water partition coefficient (Wildman–Crippen LogP) is 3.47. The van der Waals surface area contributed by atoms with Crippen LogP contribution in [0.5, 0.6) is 5.75 Å². The van der Waals surface area contributed by atoms with Crippen LogP contribution in [0.25, 0.3) is 22.2 Å². The van der Waals surface area contributed by atoms with E-state index < -0.39 is 5.97 Å². The Morgan fingerprint density at radius 3 is 2.63 bits per heavy atom. The third kappa shape index (κ3) is 2.48. The average Bonchev–Trinajstić information content (AvgIpc) is 2.38. The first-order valence-electron chi connectivity index (χ1n) is 5.61. The van der Waals surface area contributed by atoms with Crippen molar-refractivity contribution in [3.8, 4) is 5.75 Å². The number of ether oxygens (including phenoxy) is 1. The minimum absolute atomic E-state index is 0.132. The zero-order valence-corrected chi connectivity index (χ0v) is 11.3. The minimum atomic E-state index is -0.415. The van der Waals surface area contributed by atoms with Gasteiger partial charge in [0.2, 0.25) is 0 Å². The summed E-state index contributed by atoms with van der Waals surface area (Å²) in [6.07, 6.45) is 3.16. The highest BCUT2D eigenvalue weighted by Gasteiger charge is 2.09. The van der Waals surface area contributed by atoms with Gasteiger partial charge in [-0.3, -0.25) is 9.59 Å². The van der Waals surface area contributed by atoms with E-state index in [9.17, 15) is 9.59 Å². The summed E-state index contributed by atoms with van der Waals surface area (Å²) >= 11 is 1.45. The summed E-state index contributed by atoms with van der Waals surface area (Å²) in [5, 5.41) is 0.518. The van der Waals surface area contributed by atoms with Gasteiger partial charge in [-0.1, -0.05) is 25.3 Å². The zero-order valence-electron chi connectivity index (χ0n) is 10.4. The molecule has 0 aliphatic rings. The lowest BCUT2D eigenvalue weighted by Crippen LogP contribution is -2.07. The van der Waals surface area contributed by atoms with Crippen LogP contribution >= 0.6 is 11.3 Å². The molecule has 1 aromatic carbocycles. The van der Waals surface area contributed by atoms with Gasteiger partial charge in [0.1, 0.15) is 5.75 Å². The van der Waals surface area contributed by atoms with Crippen molar-refractivity contribution in [2.45, 2.75) is 6.92 Å². The molecular weight excluding hydrogens is 260 g/mol. The summed E-state index contributed by atoms with van der Waals surface area (Å²) in [7, 11) is 0. The van der Waals surface area contributed by atoms with Crippen molar-refractivity contribution < 1.29 is 9.53 Å². The number of rotatable bonds is 3. The van der Waals surface area contributed by atoms with Crippen molar-refractivity contribution in [2.24, 2.45) is 0 Å². The number of carbonyl (C=O) groups is 1. The standard InChI is InChI=1S/C15H12O3S/c1-4-11-13(5-2)19-14-7-6-10(18-9(3)16)8-12(14)15(11)17/h4-8H,1-2H2,3H3. The van der Waals surface area contributed by atoms with Crippen molar-refractivity contribution in [1.82, 2.24) is 0 Å². The maximum absolute atomic E-state index is 12.3. The van der Waals surface area contributed by atoms with E-state index in [0.717, 1.165) is 9.58 Å². The van der Waals surface area contributed by atoms with Crippen molar-refractivity contribution >= 4 is 39.5 Å². The SMILES string of the molecule is C=Cc1sc2ccc(OC(C)=O)cc2c(=O)c1C=C. The average molecular weight is 272 g/mol. The summed E-state index contributed by atoms with van der Waals surface area (Å²) < 4.78 is 5.81. The lowest BCUT2D eigenvalue weighted by atomic mass is 10.1. The molecular formula is C15H12O3S. The first-order valence-corrected chi connectivity index (χ1v) is 6.42. The second-order valence-electron chi connectivity index (χ2n) is 3.87. The second kappa shape index (κ2) is 5.20. The monoisotopic (exact) mass is 272 g/mol. The molecule has 0 N–H and O–H groups in total. The van der Waals surface area contributed by atoms with E-state index in [-0.39, 0.29) is 5.43 Å². The van der Waals surface area contributed by atoms with Crippen LogP contribution in [0.2, 0.25) is 0 Å². The van der Waals surface area contributed by atoms with Gasteiger partial charge in [-0.25, -0.2) is 0 Å². The van der Waals surface area contributed by atoms with E-state index in [1.165, 1.54) is 24.3 Å². The van der Waals surface area contributed by atoms with Gasteiger partial charge in [-0.05, 0) is 18.2 Å². The second-order valence-corrected chi connectivity index (χ2v) is 4.95. The van der Waals surface area contributed by atoms with Gasteiger partial charge < -0.3 is 4.74 Å². The van der Waals surface area contributed by atoms with Crippen LogP contribution in [0.15, 0.2) is 36.2 Å². The molecule has 19 heavy (non-hydrogen) atoms. The van der Waals surface area contributed by atoms with Crippen LogP contribution in [-0.4, -0.2) is 5.97 Å². The number of carbonyl (C=O) groups excluding carboxylic acids is 1. The van der Waals surface area contributed by atoms with Crippen LogP contribution < -0.4 is 10.2 Å². The van der Waals surface area contributed by atoms with Crippen LogP contribution in [0.3, 0.4) is 0 Å². The van der Waals surface area contributed by atoms with E-state index in [0.29, 0.717) is 16.7 Å². The number of hydrogen-bond acceptors (Lipinski definition) is 4. The fourth-order valence-corrected chi connectivity index (χ4v) is 2.78.